The maximum absolute atomic E-state index is 12.1. The number of nitrogens with zero attached hydrogens (tertiary/aromatic N) is 2. The Kier molecular flexibility index (Phi) is 5.66. The van der Waals surface area contributed by atoms with E-state index in [1.807, 2.05) is 42.5 Å². The van der Waals surface area contributed by atoms with Crippen LogP contribution in [0.1, 0.15) is 12.5 Å². The van der Waals surface area contributed by atoms with Gasteiger partial charge in [-0.25, -0.2) is 4.98 Å². The van der Waals surface area contributed by atoms with Crippen molar-refractivity contribution in [3.8, 4) is 0 Å². The largest absolute Gasteiger partial charge is 0.301 e. The molecule has 0 bridgehead atoms. The molecule has 0 aliphatic heterocycles. The number of hydrogen-bond acceptors (Lipinski definition) is 4. The topological polar surface area (TPSA) is 45.2 Å². The molecule has 0 radical (unpaired) electrons. The fourth-order valence-electron chi connectivity index (χ4n) is 1.77. The molecule has 1 unspecified atom stereocenters. The Bertz CT molecular complexity index is 581. The second-order valence-electron chi connectivity index (χ2n) is 4.76. The van der Waals surface area contributed by atoms with Crippen LogP contribution in [0.3, 0.4) is 0 Å². The molecule has 0 saturated carbocycles. The minimum Gasteiger partial charge on any atom is -0.301 e. The van der Waals surface area contributed by atoms with Crippen LogP contribution in [-0.4, -0.2) is 35.4 Å². The molecule has 2 rings (SSSR count). The highest BCUT2D eigenvalue weighted by Crippen LogP contribution is 2.11. The number of nitrogens with one attached hydrogen (secondary N) is 1. The lowest BCUT2D eigenvalue weighted by Gasteiger charge is -2.21. The highest BCUT2D eigenvalue weighted by atomic mass is 32.1. The van der Waals surface area contributed by atoms with E-state index in [2.05, 4.69) is 34.6 Å². The van der Waals surface area contributed by atoms with Gasteiger partial charge in [0.15, 0.2) is 5.13 Å². The van der Waals surface area contributed by atoms with Gasteiger partial charge in [0.05, 0.1) is 6.04 Å². The van der Waals surface area contributed by atoms with Crippen LogP contribution in [0.25, 0.3) is 6.08 Å². The zero-order valence-electron chi connectivity index (χ0n) is 12.2. The number of rotatable bonds is 6. The fraction of sp³-hybridized carbons (Fsp3) is 0.250. The first-order chi connectivity index (χ1) is 10.2. The van der Waals surface area contributed by atoms with E-state index in [0.29, 0.717) is 11.7 Å². The van der Waals surface area contributed by atoms with E-state index in [-0.39, 0.29) is 11.9 Å². The maximum Gasteiger partial charge on any atom is 0.243 e. The second-order valence-corrected chi connectivity index (χ2v) is 5.65. The van der Waals surface area contributed by atoms with Crippen LogP contribution < -0.4 is 5.32 Å². The summed E-state index contributed by atoms with van der Waals surface area (Å²) in [5.74, 6) is -0.0411. The van der Waals surface area contributed by atoms with Gasteiger partial charge in [0, 0.05) is 18.1 Å². The molecule has 1 aromatic carbocycles. The Labute approximate surface area is 129 Å². The summed E-state index contributed by atoms with van der Waals surface area (Å²) in [6, 6.07) is 9.90. The summed E-state index contributed by atoms with van der Waals surface area (Å²) in [7, 11) is 1.93. The third-order valence-electron chi connectivity index (χ3n) is 3.21. The summed E-state index contributed by atoms with van der Waals surface area (Å²) >= 11 is 1.42. The molecule has 1 heterocycles. The third-order valence-corrected chi connectivity index (χ3v) is 3.89. The molecule has 1 amide bonds. The molecule has 5 heteroatoms. The Morgan fingerprint density at radius 1 is 1.43 bits per heavy atom. The molecule has 0 saturated heterocycles. The SMILES string of the molecule is CC(C(=O)Nc1nccs1)N(C)C/C=C/c1ccccc1. The van der Waals surface area contributed by atoms with Crippen LogP contribution in [0.5, 0.6) is 0 Å². The summed E-state index contributed by atoms with van der Waals surface area (Å²) in [5, 5.41) is 5.29. The van der Waals surface area contributed by atoms with Gasteiger partial charge >= 0.3 is 0 Å². The first-order valence-electron chi connectivity index (χ1n) is 6.79. The van der Waals surface area contributed by atoms with Crippen LogP contribution in [0.4, 0.5) is 5.13 Å². The van der Waals surface area contributed by atoms with Crippen molar-refractivity contribution < 1.29 is 4.79 Å². The number of carbonyl (C=O) groups excluding carboxylic acids is 1. The number of hydrogen-bond donors (Lipinski definition) is 1. The third kappa shape index (κ3) is 4.81. The van der Waals surface area contributed by atoms with Gasteiger partial charge in [0.2, 0.25) is 5.91 Å². The van der Waals surface area contributed by atoms with Gasteiger partial charge in [0.25, 0.3) is 0 Å². The first kappa shape index (κ1) is 15.4. The molecule has 1 aromatic heterocycles. The molecule has 0 fully saturated rings. The summed E-state index contributed by atoms with van der Waals surface area (Å²) in [4.78, 5) is 18.1. The summed E-state index contributed by atoms with van der Waals surface area (Å²) < 4.78 is 0. The normalized spacial score (nSPS) is 12.7. The van der Waals surface area contributed by atoms with E-state index in [4.69, 9.17) is 0 Å². The number of carbonyl (C=O) groups is 1. The highest BCUT2D eigenvalue weighted by molar-refractivity contribution is 7.13. The van der Waals surface area contributed by atoms with Gasteiger partial charge in [-0.1, -0.05) is 42.5 Å². The molecule has 110 valence electrons. The Balaban J connectivity index is 1.83. The predicted octanol–water partition coefficient (Wildman–Crippen LogP) is 3.12. The van der Waals surface area contributed by atoms with Gasteiger partial charge < -0.3 is 5.32 Å². The molecule has 2 aromatic rings. The van der Waals surface area contributed by atoms with Crippen molar-refractivity contribution in [1.29, 1.82) is 0 Å². The van der Waals surface area contributed by atoms with Crippen LogP contribution >= 0.6 is 11.3 Å². The maximum atomic E-state index is 12.1. The molecule has 0 aliphatic rings. The molecular formula is C16H19N3OS. The minimum absolute atomic E-state index is 0.0411. The van der Waals surface area contributed by atoms with Gasteiger partial charge in [-0.15, -0.1) is 11.3 Å². The fourth-order valence-corrected chi connectivity index (χ4v) is 2.30. The van der Waals surface area contributed by atoms with Crippen molar-refractivity contribution in [1.82, 2.24) is 9.88 Å². The highest BCUT2D eigenvalue weighted by Gasteiger charge is 2.17. The van der Waals surface area contributed by atoms with E-state index in [1.165, 1.54) is 11.3 Å². The Morgan fingerprint density at radius 3 is 2.86 bits per heavy atom. The van der Waals surface area contributed by atoms with E-state index in [1.54, 1.807) is 6.20 Å². The van der Waals surface area contributed by atoms with Crippen LogP contribution in [-0.2, 0) is 4.79 Å². The zero-order valence-corrected chi connectivity index (χ0v) is 13.0. The smallest absolute Gasteiger partial charge is 0.243 e. The summed E-state index contributed by atoms with van der Waals surface area (Å²) in [6.07, 6.45) is 5.79. The van der Waals surface area contributed by atoms with E-state index in [9.17, 15) is 4.79 Å². The number of benzene rings is 1. The lowest BCUT2D eigenvalue weighted by atomic mass is 10.2. The molecule has 4 nitrogen and oxygen atoms in total. The van der Waals surface area contributed by atoms with Crippen LogP contribution in [0.2, 0.25) is 0 Å². The van der Waals surface area contributed by atoms with E-state index >= 15 is 0 Å². The molecule has 0 aliphatic carbocycles. The number of anilines is 1. The Hall–Kier alpha value is -1.98. The summed E-state index contributed by atoms with van der Waals surface area (Å²) in [6.45, 7) is 2.60. The van der Waals surface area contributed by atoms with Gasteiger partial charge in [-0.3, -0.25) is 9.69 Å². The molecular weight excluding hydrogens is 282 g/mol. The number of likely N-dealkylation sites (N-methyl/N-ethyl adjacent to an activating group) is 1. The lowest BCUT2D eigenvalue weighted by molar-refractivity contribution is -0.120. The van der Waals surface area contributed by atoms with Crippen molar-refractivity contribution in [2.45, 2.75) is 13.0 Å². The minimum atomic E-state index is -0.214. The van der Waals surface area contributed by atoms with Crippen molar-refractivity contribution in [2.24, 2.45) is 0 Å². The Morgan fingerprint density at radius 2 is 2.19 bits per heavy atom. The average Bonchev–Trinajstić information content (AvgIpc) is 3.00. The van der Waals surface area contributed by atoms with Crippen molar-refractivity contribution in [3.63, 3.8) is 0 Å². The van der Waals surface area contributed by atoms with Crippen molar-refractivity contribution in [3.05, 3.63) is 53.5 Å². The average molecular weight is 301 g/mol. The van der Waals surface area contributed by atoms with E-state index < -0.39 is 0 Å². The van der Waals surface area contributed by atoms with Crippen molar-refractivity contribution in [2.75, 3.05) is 18.9 Å². The molecule has 1 N–H and O–H groups in total. The molecule has 1 atom stereocenters. The number of amides is 1. The first-order valence-corrected chi connectivity index (χ1v) is 7.67. The van der Waals surface area contributed by atoms with Crippen LogP contribution in [0.15, 0.2) is 48.0 Å². The van der Waals surface area contributed by atoms with Gasteiger partial charge in [-0.2, -0.15) is 0 Å². The standard InChI is InChI=1S/C16H19N3OS/c1-13(15(20)18-16-17-10-12-21-16)19(2)11-6-9-14-7-4-3-5-8-14/h3-10,12-13H,11H2,1-2H3,(H,17,18,20)/b9-6+. The molecule has 0 spiro atoms. The van der Waals surface area contributed by atoms with Gasteiger partial charge in [-0.05, 0) is 19.5 Å². The second kappa shape index (κ2) is 7.71. The zero-order chi connectivity index (χ0) is 15.1. The number of aromatic nitrogens is 1. The quantitative estimate of drug-likeness (QED) is 0.891. The summed E-state index contributed by atoms with van der Waals surface area (Å²) in [5.41, 5.74) is 1.16. The predicted molar refractivity (Wildman–Crippen MR) is 88.3 cm³/mol. The van der Waals surface area contributed by atoms with Crippen LogP contribution in [0, 0.1) is 0 Å². The monoisotopic (exact) mass is 301 g/mol. The van der Waals surface area contributed by atoms with E-state index in [0.717, 1.165) is 5.56 Å². The molecule has 21 heavy (non-hydrogen) atoms. The van der Waals surface area contributed by atoms with Gasteiger partial charge in [0.1, 0.15) is 0 Å². The van der Waals surface area contributed by atoms with Crippen molar-refractivity contribution >= 4 is 28.5 Å². The number of thiazole rings is 1. The lowest BCUT2D eigenvalue weighted by Crippen LogP contribution is -2.39.